The Morgan fingerprint density at radius 2 is 1.82 bits per heavy atom. The van der Waals surface area contributed by atoms with Crippen molar-refractivity contribution in [2.45, 2.75) is 26.3 Å². The number of allylic oxidation sites excluding steroid dienone is 1. The number of hydrogen-bond donors (Lipinski definition) is 2. The van der Waals surface area contributed by atoms with E-state index >= 15 is 0 Å². The average Bonchev–Trinajstić information content (AvgIpc) is 2.90. The number of thioether (sulfide) groups is 1. The second-order valence-electron chi connectivity index (χ2n) is 8.35. The highest BCUT2D eigenvalue weighted by atomic mass is 32.2. The summed E-state index contributed by atoms with van der Waals surface area (Å²) in [6.45, 7) is 5.73. The number of carboxylic acid groups (broad SMARTS) is 1. The van der Waals surface area contributed by atoms with Gasteiger partial charge in [0.05, 0.1) is 6.42 Å². The second-order valence-corrected chi connectivity index (χ2v) is 9.50. The minimum absolute atomic E-state index is 0.0583. The number of anilines is 1. The Labute approximate surface area is 224 Å². The summed E-state index contributed by atoms with van der Waals surface area (Å²) in [4.78, 5) is 50.0. The van der Waals surface area contributed by atoms with Crippen LogP contribution in [0.1, 0.15) is 36.2 Å². The standard InChI is InChI=1S/C28H30N2O7S/c1-3-30(4-2)20-9-8-19-15-22(28(35)37-25(19)16-20)24(31)12-7-18-5-10-21(11-6-18)36-26(32)13-14-38-17-23(29)27(33)34/h5-12,15-16,23H,3-4,13-14,17,29H2,1-2H3,(H,33,34)/b12-7+/t23-/m0/s1. The van der Waals surface area contributed by atoms with Gasteiger partial charge in [-0.1, -0.05) is 18.2 Å². The Bertz CT molecular complexity index is 1380. The van der Waals surface area contributed by atoms with Crippen molar-refractivity contribution in [1.29, 1.82) is 0 Å². The van der Waals surface area contributed by atoms with Crippen molar-refractivity contribution in [3.05, 3.63) is 76.2 Å². The number of nitrogens with two attached hydrogens (primary N) is 1. The van der Waals surface area contributed by atoms with Crippen molar-refractivity contribution in [3.63, 3.8) is 0 Å². The zero-order chi connectivity index (χ0) is 27.7. The van der Waals surface area contributed by atoms with E-state index in [1.807, 2.05) is 26.0 Å². The van der Waals surface area contributed by atoms with Crippen LogP contribution in [0.3, 0.4) is 0 Å². The highest BCUT2D eigenvalue weighted by Crippen LogP contribution is 2.22. The molecule has 0 radical (unpaired) electrons. The SMILES string of the molecule is CCN(CC)c1ccc2cc(C(=O)/C=C/c3ccc(OC(=O)CCSC[C@H](N)C(=O)O)cc3)c(=O)oc2c1. The molecule has 0 aliphatic rings. The van der Waals surface area contributed by atoms with E-state index in [9.17, 15) is 19.2 Å². The van der Waals surface area contributed by atoms with E-state index in [-0.39, 0.29) is 17.7 Å². The van der Waals surface area contributed by atoms with E-state index in [1.165, 1.54) is 23.9 Å². The van der Waals surface area contributed by atoms with Crippen LogP contribution in [0.25, 0.3) is 17.0 Å². The quantitative estimate of drug-likeness (QED) is 0.0820. The number of carboxylic acids is 1. The van der Waals surface area contributed by atoms with Gasteiger partial charge in [-0.3, -0.25) is 14.4 Å². The summed E-state index contributed by atoms with van der Waals surface area (Å²) in [5.41, 5.74) is 6.69. The number of nitrogens with zero attached hydrogens (tertiary/aromatic N) is 1. The van der Waals surface area contributed by atoms with Gasteiger partial charge in [-0.15, -0.1) is 0 Å². The zero-order valence-corrected chi connectivity index (χ0v) is 22.0. The number of esters is 1. The van der Waals surface area contributed by atoms with Gasteiger partial charge in [0.25, 0.3) is 0 Å². The molecule has 10 heteroatoms. The van der Waals surface area contributed by atoms with Crippen molar-refractivity contribution in [2.75, 3.05) is 29.5 Å². The molecule has 0 saturated heterocycles. The maximum atomic E-state index is 12.7. The Hall–Kier alpha value is -3.89. The van der Waals surface area contributed by atoms with Crippen molar-refractivity contribution in [2.24, 2.45) is 5.73 Å². The van der Waals surface area contributed by atoms with Crippen LogP contribution in [0.15, 0.2) is 63.8 Å². The predicted molar refractivity (Wildman–Crippen MR) is 149 cm³/mol. The molecule has 0 saturated carbocycles. The van der Waals surface area contributed by atoms with Gasteiger partial charge >= 0.3 is 17.6 Å². The molecule has 0 fully saturated rings. The molecule has 200 valence electrons. The van der Waals surface area contributed by atoms with Crippen LogP contribution in [0.5, 0.6) is 5.75 Å². The molecule has 3 aromatic rings. The van der Waals surface area contributed by atoms with Gasteiger partial charge in [0.2, 0.25) is 0 Å². The molecule has 0 unspecified atom stereocenters. The maximum absolute atomic E-state index is 12.7. The Balaban J connectivity index is 1.59. The van der Waals surface area contributed by atoms with E-state index in [1.54, 1.807) is 36.4 Å². The van der Waals surface area contributed by atoms with Crippen LogP contribution in [0.2, 0.25) is 0 Å². The predicted octanol–water partition coefficient (Wildman–Crippen LogP) is 3.98. The van der Waals surface area contributed by atoms with E-state index in [4.69, 9.17) is 20.0 Å². The van der Waals surface area contributed by atoms with Crippen LogP contribution >= 0.6 is 11.8 Å². The van der Waals surface area contributed by atoms with Crippen molar-refractivity contribution < 1.29 is 28.6 Å². The summed E-state index contributed by atoms with van der Waals surface area (Å²) in [6, 6.07) is 12.7. The van der Waals surface area contributed by atoms with Crippen molar-refractivity contribution in [3.8, 4) is 5.75 Å². The number of ketones is 1. The molecule has 0 aliphatic carbocycles. The first-order valence-corrected chi connectivity index (χ1v) is 13.3. The molecule has 0 aliphatic heterocycles. The monoisotopic (exact) mass is 538 g/mol. The first kappa shape index (κ1) is 28.7. The number of fused-ring (bicyclic) bond motifs is 1. The molecule has 0 amide bonds. The molecular weight excluding hydrogens is 508 g/mol. The van der Waals surface area contributed by atoms with Crippen LogP contribution < -0.4 is 21.0 Å². The number of ether oxygens (including phenoxy) is 1. The van der Waals surface area contributed by atoms with Gasteiger partial charge in [-0.05, 0) is 55.8 Å². The number of benzene rings is 2. The van der Waals surface area contributed by atoms with Crippen molar-refractivity contribution in [1.82, 2.24) is 0 Å². The number of carbonyl (C=O) groups is 3. The van der Waals surface area contributed by atoms with Gasteiger partial charge < -0.3 is 24.9 Å². The third-order valence-electron chi connectivity index (χ3n) is 5.72. The molecular formula is C28H30N2O7S. The third-order valence-corrected chi connectivity index (χ3v) is 6.81. The molecule has 1 atom stereocenters. The van der Waals surface area contributed by atoms with Gasteiger partial charge in [0.1, 0.15) is 22.9 Å². The highest BCUT2D eigenvalue weighted by molar-refractivity contribution is 7.99. The minimum atomic E-state index is -1.08. The molecule has 0 spiro atoms. The first-order chi connectivity index (χ1) is 18.2. The largest absolute Gasteiger partial charge is 0.480 e. The lowest BCUT2D eigenvalue weighted by Crippen LogP contribution is -2.32. The number of aliphatic carboxylic acids is 1. The molecule has 3 rings (SSSR count). The maximum Gasteiger partial charge on any atom is 0.347 e. The van der Waals surface area contributed by atoms with Crippen LogP contribution in [-0.4, -0.2) is 53.5 Å². The molecule has 1 heterocycles. The summed E-state index contributed by atoms with van der Waals surface area (Å²) in [6.07, 6.45) is 2.96. The normalized spacial score (nSPS) is 12.0. The summed E-state index contributed by atoms with van der Waals surface area (Å²) in [5, 5.41) is 9.41. The molecule has 0 bridgehead atoms. The lowest BCUT2D eigenvalue weighted by molar-refractivity contribution is -0.138. The molecule has 1 aromatic heterocycles. The lowest BCUT2D eigenvalue weighted by Gasteiger charge is -2.20. The zero-order valence-electron chi connectivity index (χ0n) is 21.2. The summed E-state index contributed by atoms with van der Waals surface area (Å²) in [7, 11) is 0. The molecule has 9 nitrogen and oxygen atoms in total. The Morgan fingerprint density at radius 1 is 1.11 bits per heavy atom. The van der Waals surface area contributed by atoms with Crippen LogP contribution in [0.4, 0.5) is 5.69 Å². The fourth-order valence-electron chi connectivity index (χ4n) is 3.59. The number of carbonyl (C=O) groups excluding carboxylic acids is 2. The second kappa shape index (κ2) is 13.6. The fourth-order valence-corrected chi connectivity index (χ4v) is 4.46. The summed E-state index contributed by atoms with van der Waals surface area (Å²) in [5.74, 6) is -1.08. The van der Waals surface area contributed by atoms with Gasteiger partial charge in [-0.2, -0.15) is 11.8 Å². The molecule has 3 N–H and O–H groups in total. The minimum Gasteiger partial charge on any atom is -0.480 e. The smallest absolute Gasteiger partial charge is 0.347 e. The van der Waals surface area contributed by atoms with Gasteiger partial charge in [-0.25, -0.2) is 4.79 Å². The van der Waals surface area contributed by atoms with Crippen LogP contribution in [-0.2, 0) is 9.59 Å². The fraction of sp³-hybridized carbons (Fsp3) is 0.286. The number of rotatable bonds is 13. The topological polar surface area (TPSA) is 140 Å². The van der Waals surface area contributed by atoms with Gasteiger partial charge in [0.15, 0.2) is 5.78 Å². The highest BCUT2D eigenvalue weighted by Gasteiger charge is 2.14. The Morgan fingerprint density at radius 3 is 2.47 bits per heavy atom. The third kappa shape index (κ3) is 7.80. The van der Waals surface area contributed by atoms with E-state index in [0.717, 1.165) is 18.8 Å². The summed E-state index contributed by atoms with van der Waals surface area (Å²) >= 11 is 1.26. The van der Waals surface area contributed by atoms with E-state index < -0.39 is 29.4 Å². The Kier molecular flexibility index (Phi) is 10.3. The van der Waals surface area contributed by atoms with E-state index in [2.05, 4.69) is 4.90 Å². The van der Waals surface area contributed by atoms with Crippen molar-refractivity contribution >= 4 is 52.2 Å². The number of hydrogen-bond acceptors (Lipinski definition) is 9. The van der Waals surface area contributed by atoms with E-state index in [0.29, 0.717) is 28.0 Å². The molecule has 38 heavy (non-hydrogen) atoms. The van der Waals surface area contributed by atoms with Crippen LogP contribution in [0, 0.1) is 0 Å². The first-order valence-electron chi connectivity index (χ1n) is 12.1. The van der Waals surface area contributed by atoms with Gasteiger partial charge in [0, 0.05) is 41.7 Å². The molecule has 2 aromatic carbocycles. The summed E-state index contributed by atoms with van der Waals surface area (Å²) < 4.78 is 10.7. The average molecular weight is 539 g/mol. The lowest BCUT2D eigenvalue weighted by atomic mass is 10.1.